The molecular weight excluding hydrogens is 322 g/mol. The van der Waals surface area contributed by atoms with Gasteiger partial charge in [0.1, 0.15) is 11.4 Å². The number of carboxylic acid groups (broad SMARTS) is 1. The summed E-state index contributed by atoms with van der Waals surface area (Å²) < 4.78 is 11.1. The number of hydrogen-bond acceptors (Lipinski definition) is 4. The zero-order valence-corrected chi connectivity index (χ0v) is 14.9. The van der Waals surface area contributed by atoms with Crippen LogP contribution in [0.1, 0.15) is 45.6 Å². The Morgan fingerprint density at radius 1 is 1.24 bits per heavy atom. The summed E-state index contributed by atoms with van der Waals surface area (Å²) in [6.45, 7) is 6.65. The van der Waals surface area contributed by atoms with Crippen molar-refractivity contribution < 1.29 is 24.2 Å². The first-order valence-corrected chi connectivity index (χ1v) is 8.67. The largest absolute Gasteiger partial charge is 0.479 e. The minimum atomic E-state index is -0.941. The van der Waals surface area contributed by atoms with Crippen molar-refractivity contribution in [2.75, 3.05) is 13.1 Å². The number of likely N-dealkylation sites (tertiary alicyclic amines) is 1. The van der Waals surface area contributed by atoms with Crippen LogP contribution in [-0.2, 0) is 14.9 Å². The summed E-state index contributed by atoms with van der Waals surface area (Å²) in [5.74, 6) is -0.296. The third kappa shape index (κ3) is 3.57. The zero-order chi connectivity index (χ0) is 18.2. The Balaban J connectivity index is 1.79. The number of hydrogen-bond donors (Lipinski definition) is 1. The van der Waals surface area contributed by atoms with E-state index in [4.69, 9.17) is 9.47 Å². The average molecular weight is 347 g/mol. The lowest BCUT2D eigenvalue weighted by atomic mass is 9.67. The van der Waals surface area contributed by atoms with Crippen molar-refractivity contribution in [1.29, 1.82) is 0 Å². The second-order valence-corrected chi connectivity index (χ2v) is 7.89. The highest BCUT2D eigenvalue weighted by Crippen LogP contribution is 2.47. The Bertz CT molecular complexity index is 671. The van der Waals surface area contributed by atoms with E-state index in [2.05, 4.69) is 0 Å². The van der Waals surface area contributed by atoms with Gasteiger partial charge in [0.05, 0.1) is 0 Å². The fourth-order valence-corrected chi connectivity index (χ4v) is 3.72. The van der Waals surface area contributed by atoms with Crippen molar-refractivity contribution in [1.82, 2.24) is 4.90 Å². The molecule has 2 aliphatic heterocycles. The predicted molar refractivity (Wildman–Crippen MR) is 91.8 cm³/mol. The molecular formula is C19H25NO5. The van der Waals surface area contributed by atoms with Crippen molar-refractivity contribution in [2.24, 2.45) is 0 Å². The number of piperidine rings is 1. The third-order valence-electron chi connectivity index (χ3n) is 4.95. The molecule has 1 fully saturated rings. The van der Waals surface area contributed by atoms with E-state index in [0.29, 0.717) is 38.1 Å². The molecule has 1 atom stereocenters. The van der Waals surface area contributed by atoms with Gasteiger partial charge in [-0.05, 0) is 39.7 Å². The number of rotatable bonds is 1. The Morgan fingerprint density at radius 3 is 2.48 bits per heavy atom. The quantitative estimate of drug-likeness (QED) is 0.844. The van der Waals surface area contributed by atoms with Crippen LogP contribution < -0.4 is 4.74 Å². The molecule has 1 aromatic carbocycles. The lowest BCUT2D eigenvalue weighted by molar-refractivity contribution is -0.147. The van der Waals surface area contributed by atoms with Crippen LogP contribution in [0.4, 0.5) is 4.79 Å². The number of fused-ring (bicyclic) bond motifs is 2. The van der Waals surface area contributed by atoms with Crippen LogP contribution in [0, 0.1) is 0 Å². The van der Waals surface area contributed by atoms with Gasteiger partial charge in [-0.1, -0.05) is 18.2 Å². The van der Waals surface area contributed by atoms with Gasteiger partial charge in [0.25, 0.3) is 0 Å². The van der Waals surface area contributed by atoms with Crippen LogP contribution >= 0.6 is 0 Å². The summed E-state index contributed by atoms with van der Waals surface area (Å²) in [6.07, 6.45) is 0.689. The van der Waals surface area contributed by atoms with E-state index in [0.717, 1.165) is 5.56 Å². The molecule has 6 heteroatoms. The fourth-order valence-electron chi connectivity index (χ4n) is 3.72. The first kappa shape index (κ1) is 17.6. The summed E-state index contributed by atoms with van der Waals surface area (Å²) in [6, 6.07) is 7.64. The van der Waals surface area contributed by atoms with E-state index in [9.17, 15) is 14.7 Å². The molecule has 0 aliphatic carbocycles. The van der Waals surface area contributed by atoms with Gasteiger partial charge in [-0.2, -0.15) is 0 Å². The van der Waals surface area contributed by atoms with Crippen LogP contribution in [0.2, 0.25) is 0 Å². The highest BCUT2D eigenvalue weighted by molar-refractivity contribution is 5.74. The molecule has 0 radical (unpaired) electrons. The highest BCUT2D eigenvalue weighted by Gasteiger charge is 2.46. The summed E-state index contributed by atoms with van der Waals surface area (Å²) in [7, 11) is 0. The Kier molecular flexibility index (Phi) is 4.39. The number of nitrogens with zero attached hydrogens (tertiary/aromatic N) is 1. The molecule has 0 unspecified atom stereocenters. The molecule has 1 N–H and O–H groups in total. The van der Waals surface area contributed by atoms with Crippen LogP contribution in [0.5, 0.6) is 5.75 Å². The zero-order valence-electron chi connectivity index (χ0n) is 14.9. The summed E-state index contributed by atoms with van der Waals surface area (Å²) in [4.78, 5) is 25.5. The Labute approximate surface area is 147 Å². The van der Waals surface area contributed by atoms with Gasteiger partial charge in [-0.15, -0.1) is 0 Å². The first-order valence-electron chi connectivity index (χ1n) is 8.67. The maximum Gasteiger partial charge on any atom is 0.410 e. The number of aliphatic carboxylic acids is 1. The molecule has 1 saturated heterocycles. The standard InChI is InChI=1S/C19H25NO5/c1-18(2,3)25-17(23)20-10-8-19(9-11-20)12-15(16(21)22)24-14-7-5-4-6-13(14)19/h4-7,15H,8-12H2,1-3H3,(H,21,22)/t15-/m1/s1. The van der Waals surface area contributed by atoms with E-state index >= 15 is 0 Å². The van der Waals surface area contributed by atoms with Crippen LogP contribution in [0.25, 0.3) is 0 Å². The highest BCUT2D eigenvalue weighted by atomic mass is 16.6. The topological polar surface area (TPSA) is 76.1 Å². The number of carboxylic acids is 1. The predicted octanol–water partition coefficient (Wildman–Crippen LogP) is 3.19. The number of amides is 1. The van der Waals surface area contributed by atoms with Crippen molar-refractivity contribution in [3.05, 3.63) is 29.8 Å². The number of benzene rings is 1. The van der Waals surface area contributed by atoms with Gasteiger partial charge >= 0.3 is 12.1 Å². The maximum absolute atomic E-state index is 12.3. The first-order chi connectivity index (χ1) is 11.7. The molecule has 25 heavy (non-hydrogen) atoms. The van der Waals surface area contributed by atoms with E-state index in [1.54, 1.807) is 4.90 Å². The molecule has 0 saturated carbocycles. The van der Waals surface area contributed by atoms with Gasteiger partial charge in [-0.3, -0.25) is 0 Å². The van der Waals surface area contributed by atoms with Crippen molar-refractivity contribution >= 4 is 12.1 Å². The molecule has 0 bridgehead atoms. The Morgan fingerprint density at radius 2 is 1.88 bits per heavy atom. The summed E-state index contributed by atoms with van der Waals surface area (Å²) in [5.41, 5.74) is 0.263. The van der Waals surface area contributed by atoms with Gasteiger partial charge in [0.2, 0.25) is 0 Å². The summed E-state index contributed by atoms with van der Waals surface area (Å²) in [5, 5.41) is 9.44. The minimum absolute atomic E-state index is 0.267. The Hall–Kier alpha value is -2.24. The average Bonchev–Trinajstić information content (AvgIpc) is 2.54. The number of para-hydroxylation sites is 1. The molecule has 2 aliphatic rings. The lowest BCUT2D eigenvalue weighted by Gasteiger charge is -2.46. The minimum Gasteiger partial charge on any atom is -0.479 e. The van der Waals surface area contributed by atoms with E-state index < -0.39 is 17.7 Å². The van der Waals surface area contributed by atoms with Gasteiger partial charge in [0, 0.05) is 30.5 Å². The smallest absolute Gasteiger partial charge is 0.410 e. The van der Waals surface area contributed by atoms with Gasteiger partial charge < -0.3 is 19.5 Å². The van der Waals surface area contributed by atoms with Gasteiger partial charge in [0.15, 0.2) is 6.10 Å². The molecule has 1 spiro atoms. The summed E-state index contributed by atoms with van der Waals surface area (Å²) >= 11 is 0. The molecule has 6 nitrogen and oxygen atoms in total. The van der Waals surface area contributed by atoms with E-state index in [1.807, 2.05) is 45.0 Å². The number of carbonyl (C=O) groups is 2. The van der Waals surface area contributed by atoms with Crippen molar-refractivity contribution in [3.8, 4) is 5.75 Å². The van der Waals surface area contributed by atoms with Crippen LogP contribution in [-0.4, -0.2) is 46.9 Å². The van der Waals surface area contributed by atoms with Crippen molar-refractivity contribution in [3.63, 3.8) is 0 Å². The molecule has 136 valence electrons. The lowest BCUT2D eigenvalue weighted by Crippen LogP contribution is -2.51. The van der Waals surface area contributed by atoms with Crippen LogP contribution in [0.15, 0.2) is 24.3 Å². The monoisotopic (exact) mass is 347 g/mol. The third-order valence-corrected chi connectivity index (χ3v) is 4.95. The number of ether oxygens (including phenoxy) is 2. The molecule has 1 amide bonds. The molecule has 2 heterocycles. The van der Waals surface area contributed by atoms with E-state index in [-0.39, 0.29) is 11.5 Å². The SMILES string of the molecule is CC(C)(C)OC(=O)N1CCC2(CC1)C[C@H](C(=O)O)Oc1ccccc12. The van der Waals surface area contributed by atoms with Crippen LogP contribution in [0.3, 0.4) is 0 Å². The second-order valence-electron chi connectivity index (χ2n) is 7.89. The van der Waals surface area contributed by atoms with Crippen molar-refractivity contribution in [2.45, 2.75) is 57.2 Å². The molecule has 1 aromatic rings. The van der Waals surface area contributed by atoms with E-state index in [1.165, 1.54) is 0 Å². The second kappa shape index (κ2) is 6.24. The molecule has 3 rings (SSSR count). The fraction of sp³-hybridized carbons (Fsp3) is 0.579. The maximum atomic E-state index is 12.3. The normalized spacial score (nSPS) is 22.0. The number of carbonyl (C=O) groups excluding carboxylic acids is 1. The molecule has 0 aromatic heterocycles. The van der Waals surface area contributed by atoms with Gasteiger partial charge in [-0.25, -0.2) is 9.59 Å².